The highest BCUT2D eigenvalue weighted by molar-refractivity contribution is 8.01. The van der Waals surface area contributed by atoms with E-state index < -0.39 is 4.92 Å². The Balaban J connectivity index is 1.67. The van der Waals surface area contributed by atoms with Crippen molar-refractivity contribution in [1.29, 1.82) is 0 Å². The lowest BCUT2D eigenvalue weighted by atomic mass is 10.2. The van der Waals surface area contributed by atoms with Gasteiger partial charge in [-0.15, -0.1) is 11.3 Å². The summed E-state index contributed by atoms with van der Waals surface area (Å²) in [5.74, 6) is -0.215. The fourth-order valence-corrected chi connectivity index (χ4v) is 4.17. The number of nitro benzene ring substituents is 1. The van der Waals surface area contributed by atoms with E-state index in [1.165, 1.54) is 35.2 Å². The fraction of sp³-hybridized carbons (Fsp3) is 0.125. The van der Waals surface area contributed by atoms with E-state index >= 15 is 0 Å². The third-order valence-electron chi connectivity index (χ3n) is 3.28. The zero-order chi connectivity index (χ0) is 18.0. The molecule has 1 N–H and O–H groups in total. The van der Waals surface area contributed by atoms with Crippen LogP contribution in [0.15, 0.2) is 40.7 Å². The molecule has 0 fully saturated rings. The molecule has 1 aromatic heterocycles. The minimum absolute atomic E-state index is 0.110. The molecule has 0 aliphatic carbocycles. The SMILES string of the molecule is Cc1ccc(NC(=O)CSc2nc3cc(Cl)ccc3s2)c([N+](=O)[O-])c1. The first kappa shape index (κ1) is 17.7. The first-order valence-electron chi connectivity index (χ1n) is 7.16. The van der Waals surface area contributed by atoms with Crippen LogP contribution in [0.25, 0.3) is 10.2 Å². The van der Waals surface area contributed by atoms with E-state index in [9.17, 15) is 14.9 Å². The Morgan fingerprint density at radius 2 is 2.16 bits per heavy atom. The number of hydrogen-bond donors (Lipinski definition) is 1. The third kappa shape index (κ3) is 4.28. The van der Waals surface area contributed by atoms with E-state index in [-0.39, 0.29) is 23.0 Å². The standard InChI is InChI=1S/C16H12ClN3O3S2/c1-9-2-4-11(13(6-9)20(22)23)18-15(21)8-24-16-19-12-7-10(17)3-5-14(12)25-16/h2-7H,8H2,1H3,(H,18,21). The van der Waals surface area contributed by atoms with Gasteiger partial charge in [0.1, 0.15) is 5.69 Å². The number of fused-ring (bicyclic) bond motifs is 1. The number of thiazole rings is 1. The molecule has 3 rings (SSSR count). The Bertz CT molecular complexity index is 974. The van der Waals surface area contributed by atoms with Gasteiger partial charge >= 0.3 is 0 Å². The van der Waals surface area contributed by atoms with Crippen LogP contribution in [0, 0.1) is 17.0 Å². The van der Waals surface area contributed by atoms with Gasteiger partial charge in [-0.3, -0.25) is 14.9 Å². The molecule has 0 aliphatic heterocycles. The van der Waals surface area contributed by atoms with Crippen molar-refractivity contribution < 1.29 is 9.72 Å². The molecule has 128 valence electrons. The number of benzene rings is 2. The maximum absolute atomic E-state index is 12.1. The summed E-state index contributed by atoms with van der Waals surface area (Å²) in [7, 11) is 0. The summed E-state index contributed by atoms with van der Waals surface area (Å²) in [5.41, 5.74) is 1.62. The summed E-state index contributed by atoms with van der Waals surface area (Å²) in [6.45, 7) is 1.76. The van der Waals surface area contributed by atoms with Crippen LogP contribution < -0.4 is 5.32 Å². The van der Waals surface area contributed by atoms with Gasteiger partial charge in [0.2, 0.25) is 5.91 Å². The van der Waals surface area contributed by atoms with Crippen LogP contribution in [0.5, 0.6) is 0 Å². The van der Waals surface area contributed by atoms with Gasteiger partial charge in [-0.2, -0.15) is 0 Å². The summed E-state index contributed by atoms with van der Waals surface area (Å²) in [6, 6.07) is 10.1. The molecule has 25 heavy (non-hydrogen) atoms. The van der Waals surface area contributed by atoms with Gasteiger partial charge in [-0.1, -0.05) is 29.4 Å². The zero-order valence-corrected chi connectivity index (χ0v) is 15.4. The van der Waals surface area contributed by atoms with Gasteiger partial charge in [0.15, 0.2) is 4.34 Å². The maximum atomic E-state index is 12.1. The molecule has 0 atom stereocenters. The average Bonchev–Trinajstić information content (AvgIpc) is 2.96. The van der Waals surface area contributed by atoms with Gasteiger partial charge < -0.3 is 5.32 Å². The number of hydrogen-bond acceptors (Lipinski definition) is 6. The number of thioether (sulfide) groups is 1. The molecular formula is C16H12ClN3O3S2. The van der Waals surface area contributed by atoms with Gasteiger partial charge in [-0.05, 0) is 36.8 Å². The number of aromatic nitrogens is 1. The Morgan fingerprint density at radius 1 is 1.36 bits per heavy atom. The predicted molar refractivity (Wildman–Crippen MR) is 102 cm³/mol. The highest BCUT2D eigenvalue weighted by Crippen LogP contribution is 2.31. The van der Waals surface area contributed by atoms with Gasteiger partial charge in [0, 0.05) is 11.1 Å². The molecule has 1 amide bonds. The van der Waals surface area contributed by atoms with Crippen LogP contribution in [0.2, 0.25) is 5.02 Å². The summed E-state index contributed by atoms with van der Waals surface area (Å²) in [6.07, 6.45) is 0. The smallest absolute Gasteiger partial charge is 0.293 e. The quantitative estimate of drug-likeness (QED) is 0.378. The van der Waals surface area contributed by atoms with Crippen LogP contribution in [0.1, 0.15) is 5.56 Å². The molecule has 3 aromatic rings. The van der Waals surface area contributed by atoms with Gasteiger partial charge in [0.25, 0.3) is 5.69 Å². The Labute approximate surface area is 156 Å². The monoisotopic (exact) mass is 393 g/mol. The molecule has 0 aliphatic rings. The van der Waals surface area contributed by atoms with Gasteiger partial charge in [-0.25, -0.2) is 4.98 Å². The topological polar surface area (TPSA) is 85.1 Å². The van der Waals surface area contributed by atoms with E-state index in [0.717, 1.165) is 20.1 Å². The van der Waals surface area contributed by atoms with E-state index in [2.05, 4.69) is 10.3 Å². The van der Waals surface area contributed by atoms with Gasteiger partial charge in [0.05, 0.1) is 20.9 Å². The van der Waals surface area contributed by atoms with Crippen molar-refractivity contribution in [2.45, 2.75) is 11.3 Å². The van der Waals surface area contributed by atoms with Crippen LogP contribution >= 0.6 is 34.7 Å². The van der Waals surface area contributed by atoms with E-state index in [4.69, 9.17) is 11.6 Å². The molecule has 2 aromatic carbocycles. The minimum Gasteiger partial charge on any atom is -0.320 e. The Hall–Kier alpha value is -2.16. The number of amides is 1. The Kier molecular flexibility index (Phi) is 5.22. The molecule has 9 heteroatoms. The van der Waals surface area contributed by atoms with Crippen molar-refractivity contribution in [2.24, 2.45) is 0 Å². The van der Waals surface area contributed by atoms with Crippen LogP contribution in [0.4, 0.5) is 11.4 Å². The molecule has 0 radical (unpaired) electrons. The molecule has 0 spiro atoms. The van der Waals surface area contributed by atoms with Crippen molar-refractivity contribution in [2.75, 3.05) is 11.1 Å². The number of carbonyl (C=O) groups excluding carboxylic acids is 1. The number of halogens is 1. The molecular weight excluding hydrogens is 382 g/mol. The summed E-state index contributed by atoms with van der Waals surface area (Å²) >= 11 is 8.68. The second kappa shape index (κ2) is 7.38. The highest BCUT2D eigenvalue weighted by atomic mass is 35.5. The third-order valence-corrected chi connectivity index (χ3v) is 5.70. The van der Waals surface area contributed by atoms with E-state index in [1.807, 2.05) is 6.07 Å². The molecule has 6 nitrogen and oxygen atoms in total. The molecule has 0 bridgehead atoms. The predicted octanol–water partition coefficient (Wildman–Crippen LogP) is 4.90. The first-order chi connectivity index (χ1) is 11.9. The molecule has 1 heterocycles. The van der Waals surface area contributed by atoms with E-state index in [0.29, 0.717) is 5.02 Å². The van der Waals surface area contributed by atoms with Crippen molar-refractivity contribution in [3.05, 3.63) is 57.1 Å². The average molecular weight is 394 g/mol. The fourth-order valence-electron chi connectivity index (χ4n) is 2.15. The number of aryl methyl sites for hydroxylation is 1. The number of nitrogens with one attached hydrogen (secondary N) is 1. The van der Waals surface area contributed by atoms with Crippen LogP contribution in [-0.2, 0) is 4.79 Å². The van der Waals surface area contributed by atoms with E-state index in [1.54, 1.807) is 25.1 Å². The summed E-state index contributed by atoms with van der Waals surface area (Å²) in [4.78, 5) is 27.1. The number of nitro groups is 1. The lowest BCUT2D eigenvalue weighted by Gasteiger charge is -2.06. The van der Waals surface area contributed by atoms with Crippen LogP contribution in [0.3, 0.4) is 0 Å². The van der Waals surface area contributed by atoms with Crippen molar-refractivity contribution in [3.8, 4) is 0 Å². The van der Waals surface area contributed by atoms with Crippen LogP contribution in [-0.4, -0.2) is 21.6 Å². The normalized spacial score (nSPS) is 10.8. The minimum atomic E-state index is -0.507. The van der Waals surface area contributed by atoms with Crippen molar-refractivity contribution in [3.63, 3.8) is 0 Å². The summed E-state index contributed by atoms with van der Waals surface area (Å²) in [5, 5.41) is 14.3. The number of carbonyl (C=O) groups is 1. The lowest BCUT2D eigenvalue weighted by Crippen LogP contribution is -2.15. The number of anilines is 1. The maximum Gasteiger partial charge on any atom is 0.293 e. The molecule has 0 saturated carbocycles. The second-order valence-electron chi connectivity index (χ2n) is 5.21. The highest BCUT2D eigenvalue weighted by Gasteiger charge is 2.16. The molecule has 0 unspecified atom stereocenters. The largest absolute Gasteiger partial charge is 0.320 e. The van der Waals surface area contributed by atoms with Crippen molar-refractivity contribution in [1.82, 2.24) is 4.98 Å². The number of rotatable bonds is 5. The second-order valence-corrected chi connectivity index (χ2v) is 7.90. The molecule has 0 saturated heterocycles. The summed E-state index contributed by atoms with van der Waals surface area (Å²) < 4.78 is 1.73. The zero-order valence-electron chi connectivity index (χ0n) is 13.0. The van der Waals surface area contributed by atoms with Crippen molar-refractivity contribution >= 4 is 62.2 Å². The first-order valence-corrected chi connectivity index (χ1v) is 9.34. The Morgan fingerprint density at radius 3 is 2.92 bits per heavy atom. The number of nitrogens with zero attached hydrogens (tertiary/aromatic N) is 2. The lowest BCUT2D eigenvalue weighted by molar-refractivity contribution is -0.384.